The zero-order chi connectivity index (χ0) is 11.3. The van der Waals surface area contributed by atoms with E-state index in [-0.39, 0.29) is 11.2 Å². The van der Waals surface area contributed by atoms with Crippen LogP contribution in [0, 0.1) is 5.82 Å². The molecule has 84 valence electrons. The lowest BCUT2D eigenvalue weighted by molar-refractivity contribution is 0.169. The molecule has 0 spiro atoms. The average Bonchev–Trinajstić information content (AvgIpc) is 2.18. The van der Waals surface area contributed by atoms with Crippen LogP contribution in [0.1, 0.15) is 19.4 Å². The third-order valence-electron chi connectivity index (χ3n) is 2.42. The van der Waals surface area contributed by atoms with Crippen molar-refractivity contribution in [3.63, 3.8) is 0 Å². The number of methoxy groups -OCH3 is 1. The Kier molecular flexibility index (Phi) is 4.24. The molecule has 0 saturated heterocycles. The number of ether oxygens (including phenoxy) is 1. The molecule has 1 aromatic carbocycles. The van der Waals surface area contributed by atoms with E-state index in [1.54, 1.807) is 19.2 Å². The number of benzene rings is 1. The summed E-state index contributed by atoms with van der Waals surface area (Å²) in [5.41, 5.74) is 0.895. The summed E-state index contributed by atoms with van der Waals surface area (Å²) >= 11 is 0. The van der Waals surface area contributed by atoms with E-state index in [4.69, 9.17) is 4.74 Å². The summed E-state index contributed by atoms with van der Waals surface area (Å²) in [4.78, 5) is 0. The predicted octanol–water partition coefficient (Wildman–Crippen LogP) is 2.30. The van der Waals surface area contributed by atoms with Crippen LogP contribution in [-0.4, -0.2) is 20.4 Å². The van der Waals surface area contributed by atoms with E-state index in [2.05, 4.69) is 19.2 Å². The lowest BCUT2D eigenvalue weighted by Gasteiger charge is -2.25. The molecule has 2 nitrogen and oxygen atoms in total. The highest BCUT2D eigenvalue weighted by atomic mass is 19.1. The number of nitrogens with one attached hydrogen (secondary N) is 1. The highest BCUT2D eigenvalue weighted by Crippen LogP contribution is 2.22. The van der Waals surface area contributed by atoms with Gasteiger partial charge in [0.2, 0.25) is 0 Å². The number of rotatable bonds is 5. The zero-order valence-corrected chi connectivity index (χ0v) is 9.51. The fraction of sp³-hybridized carbons (Fsp3) is 0.500. The van der Waals surface area contributed by atoms with E-state index >= 15 is 0 Å². The molecule has 1 aromatic rings. The Bertz CT molecular complexity index is 312. The van der Waals surface area contributed by atoms with Crippen LogP contribution in [0.4, 0.5) is 4.39 Å². The molecule has 1 rings (SSSR count). The first-order chi connectivity index (χ1) is 7.06. The van der Waals surface area contributed by atoms with Crippen LogP contribution < -0.4 is 5.32 Å². The number of hydrogen-bond donors (Lipinski definition) is 1. The van der Waals surface area contributed by atoms with E-state index in [1.807, 2.05) is 6.07 Å². The summed E-state index contributed by atoms with van der Waals surface area (Å²) < 4.78 is 18.0. The van der Waals surface area contributed by atoms with Crippen molar-refractivity contribution in [2.24, 2.45) is 0 Å². The van der Waals surface area contributed by atoms with Crippen molar-refractivity contribution < 1.29 is 9.13 Å². The van der Waals surface area contributed by atoms with Crippen LogP contribution >= 0.6 is 0 Å². The van der Waals surface area contributed by atoms with Crippen LogP contribution in [-0.2, 0) is 10.2 Å². The first-order valence-corrected chi connectivity index (χ1v) is 5.02. The largest absolute Gasteiger partial charge is 0.370 e. The molecule has 0 amide bonds. The molecule has 0 aliphatic heterocycles. The average molecular weight is 211 g/mol. The van der Waals surface area contributed by atoms with Crippen molar-refractivity contribution in [1.29, 1.82) is 0 Å². The van der Waals surface area contributed by atoms with Crippen molar-refractivity contribution in [3.05, 3.63) is 35.6 Å². The van der Waals surface area contributed by atoms with Crippen molar-refractivity contribution in [3.8, 4) is 0 Å². The van der Waals surface area contributed by atoms with Gasteiger partial charge in [0.25, 0.3) is 0 Å². The molecular formula is C12H18FNO. The molecule has 1 N–H and O–H groups in total. The van der Waals surface area contributed by atoms with Crippen molar-refractivity contribution in [2.45, 2.75) is 19.3 Å². The van der Waals surface area contributed by atoms with Crippen LogP contribution in [0.5, 0.6) is 0 Å². The molecule has 0 aromatic heterocycles. The summed E-state index contributed by atoms with van der Waals surface area (Å²) in [5.74, 6) is -0.188. The second kappa shape index (κ2) is 5.24. The van der Waals surface area contributed by atoms with E-state index in [0.717, 1.165) is 12.1 Å². The van der Waals surface area contributed by atoms with Gasteiger partial charge in [0.15, 0.2) is 0 Å². The van der Waals surface area contributed by atoms with Gasteiger partial charge < -0.3 is 4.74 Å². The normalized spacial score (nSPS) is 11.7. The van der Waals surface area contributed by atoms with Crippen molar-refractivity contribution >= 4 is 0 Å². The molecule has 0 aliphatic rings. The van der Waals surface area contributed by atoms with Gasteiger partial charge in [-0.15, -0.1) is 0 Å². The Morgan fingerprint density at radius 2 is 2.13 bits per heavy atom. The molecular weight excluding hydrogens is 193 g/mol. The van der Waals surface area contributed by atoms with Gasteiger partial charge in [0.05, 0.1) is 6.73 Å². The Labute approximate surface area is 90.4 Å². The first kappa shape index (κ1) is 12.1. The molecule has 0 radical (unpaired) electrons. The van der Waals surface area contributed by atoms with Gasteiger partial charge in [-0.05, 0) is 17.7 Å². The maximum atomic E-state index is 13.0. The highest BCUT2D eigenvalue weighted by Gasteiger charge is 2.20. The molecule has 0 bridgehead atoms. The standard InChI is InChI=1S/C12H18FNO/c1-12(2,8-14-9-15-3)10-5-4-6-11(13)7-10/h4-7,14H,8-9H2,1-3H3. The molecule has 15 heavy (non-hydrogen) atoms. The fourth-order valence-electron chi connectivity index (χ4n) is 1.48. The molecule has 0 heterocycles. The van der Waals surface area contributed by atoms with E-state index in [9.17, 15) is 4.39 Å². The molecule has 0 unspecified atom stereocenters. The maximum Gasteiger partial charge on any atom is 0.123 e. The van der Waals surface area contributed by atoms with Crippen molar-refractivity contribution in [1.82, 2.24) is 5.32 Å². The second-order valence-corrected chi connectivity index (χ2v) is 4.25. The minimum atomic E-state index is -0.188. The SMILES string of the molecule is COCNCC(C)(C)c1cccc(F)c1. The fourth-order valence-corrected chi connectivity index (χ4v) is 1.48. The summed E-state index contributed by atoms with van der Waals surface area (Å²) in [6.07, 6.45) is 0. The predicted molar refractivity (Wildman–Crippen MR) is 59.3 cm³/mol. The van der Waals surface area contributed by atoms with Gasteiger partial charge in [-0.3, -0.25) is 5.32 Å². The third-order valence-corrected chi connectivity index (χ3v) is 2.42. The van der Waals surface area contributed by atoms with Gasteiger partial charge >= 0.3 is 0 Å². The number of halogens is 1. The first-order valence-electron chi connectivity index (χ1n) is 5.02. The second-order valence-electron chi connectivity index (χ2n) is 4.25. The minimum Gasteiger partial charge on any atom is -0.370 e. The van der Waals surface area contributed by atoms with Gasteiger partial charge in [-0.2, -0.15) is 0 Å². The molecule has 0 aliphatic carbocycles. The zero-order valence-electron chi connectivity index (χ0n) is 9.51. The van der Waals surface area contributed by atoms with Gasteiger partial charge in [0, 0.05) is 19.1 Å². The van der Waals surface area contributed by atoms with Crippen LogP contribution in [0.2, 0.25) is 0 Å². The summed E-state index contributed by atoms with van der Waals surface area (Å²) in [6.45, 7) is 5.41. The Morgan fingerprint density at radius 3 is 2.73 bits per heavy atom. The topological polar surface area (TPSA) is 21.3 Å². The van der Waals surface area contributed by atoms with Crippen LogP contribution in [0.25, 0.3) is 0 Å². The third kappa shape index (κ3) is 3.61. The summed E-state index contributed by atoms with van der Waals surface area (Å²) in [6, 6.07) is 6.72. The summed E-state index contributed by atoms with van der Waals surface area (Å²) in [7, 11) is 1.64. The Hall–Kier alpha value is -0.930. The van der Waals surface area contributed by atoms with Crippen LogP contribution in [0.15, 0.2) is 24.3 Å². The monoisotopic (exact) mass is 211 g/mol. The van der Waals surface area contributed by atoms with Crippen LogP contribution in [0.3, 0.4) is 0 Å². The lowest BCUT2D eigenvalue weighted by Crippen LogP contribution is -2.34. The minimum absolute atomic E-state index is 0.0966. The quantitative estimate of drug-likeness (QED) is 0.596. The van der Waals surface area contributed by atoms with E-state index in [1.165, 1.54) is 6.07 Å². The molecule has 0 fully saturated rings. The molecule has 0 atom stereocenters. The lowest BCUT2D eigenvalue weighted by atomic mass is 9.84. The van der Waals surface area contributed by atoms with Crippen molar-refractivity contribution in [2.75, 3.05) is 20.4 Å². The van der Waals surface area contributed by atoms with E-state index < -0.39 is 0 Å². The van der Waals surface area contributed by atoms with Gasteiger partial charge in [-0.25, -0.2) is 4.39 Å². The summed E-state index contributed by atoms with van der Waals surface area (Å²) in [5, 5.41) is 3.15. The Morgan fingerprint density at radius 1 is 1.40 bits per heavy atom. The van der Waals surface area contributed by atoms with Gasteiger partial charge in [-0.1, -0.05) is 26.0 Å². The smallest absolute Gasteiger partial charge is 0.123 e. The number of hydrogen-bond acceptors (Lipinski definition) is 2. The molecule has 0 saturated carbocycles. The van der Waals surface area contributed by atoms with E-state index in [0.29, 0.717) is 6.73 Å². The van der Waals surface area contributed by atoms with Gasteiger partial charge in [0.1, 0.15) is 5.82 Å². The highest BCUT2D eigenvalue weighted by molar-refractivity contribution is 5.24. The maximum absolute atomic E-state index is 13.0. The Balaban J connectivity index is 2.67. The molecule has 3 heteroatoms.